The molecule has 0 atom stereocenters. The Morgan fingerprint density at radius 3 is 2.39 bits per heavy atom. The average Bonchev–Trinajstić information content (AvgIpc) is 2.82. The maximum Gasteiger partial charge on any atom is 0.228 e. The van der Waals surface area contributed by atoms with E-state index in [9.17, 15) is 0 Å². The Morgan fingerprint density at radius 2 is 1.58 bits per heavy atom. The number of aryl methyl sites for hydroxylation is 2. The highest BCUT2D eigenvalue weighted by Gasteiger charge is 2.24. The van der Waals surface area contributed by atoms with E-state index in [1.165, 1.54) is 35.2 Å². The largest absolute Gasteiger partial charge is 0.439 e. The fourth-order valence-electron chi connectivity index (χ4n) is 4.51. The molecule has 0 radical (unpaired) electrons. The number of rotatable bonds is 5. The molecule has 0 amide bonds. The topological polar surface area (TPSA) is 41.5 Å². The van der Waals surface area contributed by atoms with Gasteiger partial charge in [-0.25, -0.2) is 4.98 Å². The Kier molecular flexibility index (Phi) is 5.85. The van der Waals surface area contributed by atoms with E-state index in [-0.39, 0.29) is 0 Å². The molecule has 31 heavy (non-hydrogen) atoms. The van der Waals surface area contributed by atoms with Crippen LogP contribution >= 0.6 is 0 Å². The second-order valence-corrected chi connectivity index (χ2v) is 8.57. The average molecular weight is 415 g/mol. The van der Waals surface area contributed by atoms with Crippen LogP contribution in [-0.4, -0.2) is 41.0 Å². The molecule has 3 aromatic rings. The van der Waals surface area contributed by atoms with Crippen molar-refractivity contribution in [2.75, 3.05) is 31.1 Å². The van der Waals surface area contributed by atoms with Crippen molar-refractivity contribution in [1.29, 1.82) is 0 Å². The third-order valence-electron chi connectivity index (χ3n) is 6.40. The van der Waals surface area contributed by atoms with Crippen LogP contribution in [0, 0.1) is 6.92 Å². The molecular weight excluding hydrogens is 384 g/mol. The maximum atomic E-state index is 6.23. The highest BCUT2D eigenvalue weighted by Crippen LogP contribution is 2.32. The standard InChI is InChI=1S/C26H30N4O/c1-20-9-5-6-10-21(20)19-29-15-17-30(18-16-29)26-27-24-14-8-7-13-23(24)25(28-26)31-22-11-3-2-4-12-22/h2-6,9-12H,7-8,13-19H2,1H3. The third kappa shape index (κ3) is 4.57. The first kappa shape index (κ1) is 20.0. The van der Waals surface area contributed by atoms with Crippen LogP contribution in [0.3, 0.4) is 0 Å². The zero-order valence-corrected chi connectivity index (χ0v) is 18.3. The lowest BCUT2D eigenvalue weighted by atomic mass is 9.97. The summed E-state index contributed by atoms with van der Waals surface area (Å²) in [5, 5.41) is 0. The van der Waals surface area contributed by atoms with Gasteiger partial charge in [0.15, 0.2) is 0 Å². The Morgan fingerprint density at radius 1 is 0.839 bits per heavy atom. The predicted octanol–water partition coefficient (Wildman–Crippen LogP) is 4.78. The number of para-hydroxylation sites is 1. The molecular formula is C26H30N4O. The Hall–Kier alpha value is -2.92. The van der Waals surface area contributed by atoms with Crippen LogP contribution in [0.15, 0.2) is 54.6 Å². The Labute approximate surface area is 184 Å². The molecule has 160 valence electrons. The van der Waals surface area contributed by atoms with Gasteiger partial charge in [-0.1, -0.05) is 42.5 Å². The van der Waals surface area contributed by atoms with Crippen molar-refractivity contribution in [2.24, 2.45) is 0 Å². The molecule has 1 aliphatic heterocycles. The van der Waals surface area contributed by atoms with Gasteiger partial charge in [-0.15, -0.1) is 0 Å². The smallest absolute Gasteiger partial charge is 0.228 e. The van der Waals surface area contributed by atoms with Crippen molar-refractivity contribution in [3.63, 3.8) is 0 Å². The minimum absolute atomic E-state index is 0.744. The molecule has 5 heteroatoms. The molecule has 1 aliphatic carbocycles. The number of piperazine rings is 1. The summed E-state index contributed by atoms with van der Waals surface area (Å²) >= 11 is 0. The zero-order valence-electron chi connectivity index (χ0n) is 18.3. The molecule has 1 saturated heterocycles. The van der Waals surface area contributed by atoms with E-state index in [0.717, 1.165) is 63.1 Å². The first-order valence-electron chi connectivity index (χ1n) is 11.4. The minimum atomic E-state index is 0.744. The number of anilines is 1. The van der Waals surface area contributed by atoms with Crippen molar-refractivity contribution in [1.82, 2.24) is 14.9 Å². The summed E-state index contributed by atoms with van der Waals surface area (Å²) in [5.74, 6) is 2.40. The second kappa shape index (κ2) is 9.06. The molecule has 2 aromatic carbocycles. The number of hydrogen-bond acceptors (Lipinski definition) is 5. The predicted molar refractivity (Wildman–Crippen MR) is 124 cm³/mol. The number of aromatic nitrogens is 2. The summed E-state index contributed by atoms with van der Waals surface area (Å²) in [6.45, 7) is 7.12. The Bertz CT molecular complexity index is 1030. The van der Waals surface area contributed by atoms with Gasteiger partial charge in [0, 0.05) is 38.3 Å². The summed E-state index contributed by atoms with van der Waals surface area (Å²) in [6, 6.07) is 18.7. The maximum absolute atomic E-state index is 6.23. The van der Waals surface area contributed by atoms with Gasteiger partial charge in [0.05, 0.1) is 5.69 Å². The van der Waals surface area contributed by atoms with Gasteiger partial charge in [-0.2, -0.15) is 4.98 Å². The van der Waals surface area contributed by atoms with Crippen LogP contribution in [0.25, 0.3) is 0 Å². The van der Waals surface area contributed by atoms with Crippen molar-refractivity contribution in [3.8, 4) is 11.6 Å². The molecule has 2 heterocycles. The van der Waals surface area contributed by atoms with Crippen molar-refractivity contribution in [3.05, 3.63) is 77.0 Å². The van der Waals surface area contributed by atoms with E-state index in [1.54, 1.807) is 0 Å². The monoisotopic (exact) mass is 414 g/mol. The zero-order chi connectivity index (χ0) is 21.0. The van der Waals surface area contributed by atoms with Crippen molar-refractivity contribution in [2.45, 2.75) is 39.2 Å². The minimum Gasteiger partial charge on any atom is -0.439 e. The van der Waals surface area contributed by atoms with Gasteiger partial charge in [0.1, 0.15) is 5.75 Å². The van der Waals surface area contributed by atoms with Crippen LogP contribution < -0.4 is 9.64 Å². The number of nitrogens with zero attached hydrogens (tertiary/aromatic N) is 4. The number of fused-ring (bicyclic) bond motifs is 1. The van der Waals surface area contributed by atoms with Crippen LogP contribution in [-0.2, 0) is 19.4 Å². The molecule has 1 aromatic heterocycles. The van der Waals surface area contributed by atoms with E-state index in [2.05, 4.69) is 41.0 Å². The van der Waals surface area contributed by atoms with Crippen LogP contribution in [0.1, 0.15) is 35.2 Å². The van der Waals surface area contributed by atoms with Gasteiger partial charge in [0.2, 0.25) is 11.8 Å². The molecule has 0 spiro atoms. The van der Waals surface area contributed by atoms with E-state index in [1.807, 2.05) is 30.3 Å². The van der Waals surface area contributed by atoms with Gasteiger partial charge in [-0.3, -0.25) is 4.90 Å². The van der Waals surface area contributed by atoms with Crippen LogP contribution in [0.2, 0.25) is 0 Å². The van der Waals surface area contributed by atoms with Gasteiger partial charge >= 0.3 is 0 Å². The number of ether oxygens (including phenoxy) is 1. The molecule has 0 bridgehead atoms. The fraction of sp³-hybridized carbons (Fsp3) is 0.385. The highest BCUT2D eigenvalue weighted by atomic mass is 16.5. The Balaban J connectivity index is 1.32. The fourth-order valence-corrected chi connectivity index (χ4v) is 4.51. The summed E-state index contributed by atoms with van der Waals surface area (Å²) in [6.07, 6.45) is 4.39. The summed E-state index contributed by atoms with van der Waals surface area (Å²) in [7, 11) is 0. The third-order valence-corrected chi connectivity index (χ3v) is 6.40. The molecule has 5 rings (SSSR count). The molecule has 1 fully saturated rings. The molecule has 5 nitrogen and oxygen atoms in total. The van der Waals surface area contributed by atoms with E-state index in [0.29, 0.717) is 0 Å². The second-order valence-electron chi connectivity index (χ2n) is 8.57. The molecule has 0 saturated carbocycles. The summed E-state index contributed by atoms with van der Waals surface area (Å²) in [4.78, 5) is 14.7. The van der Waals surface area contributed by atoms with E-state index < -0.39 is 0 Å². The van der Waals surface area contributed by atoms with Gasteiger partial charge in [-0.05, 0) is 55.9 Å². The van der Waals surface area contributed by atoms with Crippen LogP contribution in [0.4, 0.5) is 5.95 Å². The van der Waals surface area contributed by atoms with Crippen LogP contribution in [0.5, 0.6) is 11.6 Å². The lowest BCUT2D eigenvalue weighted by molar-refractivity contribution is 0.248. The summed E-state index contributed by atoms with van der Waals surface area (Å²) in [5.41, 5.74) is 5.15. The molecule has 2 aliphatic rings. The first-order chi connectivity index (χ1) is 15.3. The van der Waals surface area contributed by atoms with Crippen molar-refractivity contribution >= 4 is 5.95 Å². The van der Waals surface area contributed by atoms with Gasteiger partial charge in [0.25, 0.3) is 0 Å². The summed E-state index contributed by atoms with van der Waals surface area (Å²) < 4.78 is 6.23. The normalized spacial score (nSPS) is 16.7. The SMILES string of the molecule is Cc1ccccc1CN1CCN(c2nc3c(c(Oc4ccccc4)n2)CCCC3)CC1. The lowest BCUT2D eigenvalue weighted by Gasteiger charge is -2.35. The lowest BCUT2D eigenvalue weighted by Crippen LogP contribution is -2.46. The first-order valence-corrected chi connectivity index (χ1v) is 11.4. The van der Waals surface area contributed by atoms with Crippen molar-refractivity contribution < 1.29 is 4.74 Å². The molecule has 0 unspecified atom stereocenters. The number of hydrogen-bond donors (Lipinski definition) is 0. The number of benzene rings is 2. The van der Waals surface area contributed by atoms with Gasteiger partial charge < -0.3 is 9.64 Å². The van der Waals surface area contributed by atoms with E-state index in [4.69, 9.17) is 14.7 Å². The van der Waals surface area contributed by atoms with E-state index >= 15 is 0 Å². The highest BCUT2D eigenvalue weighted by molar-refractivity contribution is 5.44. The molecule has 0 N–H and O–H groups in total. The quantitative estimate of drug-likeness (QED) is 0.601.